The van der Waals surface area contributed by atoms with Crippen LogP contribution in [0, 0.1) is 24.7 Å². The summed E-state index contributed by atoms with van der Waals surface area (Å²) < 4.78 is 1.82. The van der Waals surface area contributed by atoms with Gasteiger partial charge in [0.25, 0.3) is 0 Å². The van der Waals surface area contributed by atoms with E-state index in [0.29, 0.717) is 11.8 Å². The van der Waals surface area contributed by atoms with Gasteiger partial charge in [-0.2, -0.15) is 5.10 Å². The van der Waals surface area contributed by atoms with Gasteiger partial charge in [0.05, 0.1) is 11.6 Å². The number of fused-ring (bicyclic) bond motifs is 2. The Hall–Kier alpha value is -1.36. The molecule has 2 saturated carbocycles. The summed E-state index contributed by atoms with van der Waals surface area (Å²) in [4.78, 5) is 11.5. The van der Waals surface area contributed by atoms with E-state index in [1.807, 2.05) is 24.9 Å². The lowest BCUT2D eigenvalue weighted by molar-refractivity contribution is -0.144. The van der Waals surface area contributed by atoms with Crippen LogP contribution in [0.3, 0.4) is 0 Å². The van der Waals surface area contributed by atoms with Gasteiger partial charge in [0.15, 0.2) is 0 Å². The molecule has 2 fully saturated rings. The van der Waals surface area contributed by atoms with Crippen molar-refractivity contribution < 1.29 is 9.90 Å². The Balaban J connectivity index is 1.76. The van der Waals surface area contributed by atoms with Crippen molar-refractivity contribution in [1.29, 1.82) is 0 Å². The monoisotopic (exact) mass is 277 g/mol. The van der Waals surface area contributed by atoms with Gasteiger partial charge in [0.2, 0.25) is 0 Å². The average molecular weight is 277 g/mol. The number of hydrogen-bond acceptors (Lipinski definition) is 3. The molecule has 20 heavy (non-hydrogen) atoms. The zero-order valence-electron chi connectivity index (χ0n) is 12.3. The van der Waals surface area contributed by atoms with E-state index in [1.165, 1.54) is 12.0 Å². The summed E-state index contributed by atoms with van der Waals surface area (Å²) in [5.74, 6) is 0.0516. The van der Waals surface area contributed by atoms with Crippen LogP contribution in [0.5, 0.6) is 0 Å². The second-order valence-corrected chi connectivity index (χ2v) is 6.45. The van der Waals surface area contributed by atoms with Crippen molar-refractivity contribution in [3.63, 3.8) is 0 Å². The molecule has 2 bridgehead atoms. The number of carboxylic acids is 1. The van der Waals surface area contributed by atoms with E-state index in [-0.39, 0.29) is 18.0 Å². The first kappa shape index (κ1) is 13.6. The first-order chi connectivity index (χ1) is 9.47. The Kier molecular flexibility index (Phi) is 3.32. The highest BCUT2D eigenvalue weighted by Crippen LogP contribution is 2.49. The number of aliphatic carboxylic acids is 1. The van der Waals surface area contributed by atoms with Gasteiger partial charge in [-0.15, -0.1) is 0 Å². The lowest BCUT2D eigenvalue weighted by atomic mass is 9.84. The molecule has 2 aliphatic rings. The molecule has 5 heteroatoms. The quantitative estimate of drug-likeness (QED) is 0.882. The maximum Gasteiger partial charge on any atom is 0.308 e. The Morgan fingerprint density at radius 1 is 1.50 bits per heavy atom. The van der Waals surface area contributed by atoms with Gasteiger partial charge >= 0.3 is 5.97 Å². The van der Waals surface area contributed by atoms with Crippen LogP contribution in [-0.4, -0.2) is 26.9 Å². The fourth-order valence-corrected chi connectivity index (χ4v) is 4.31. The van der Waals surface area contributed by atoms with E-state index in [4.69, 9.17) is 0 Å². The van der Waals surface area contributed by atoms with E-state index in [9.17, 15) is 9.90 Å². The molecule has 2 aliphatic carbocycles. The van der Waals surface area contributed by atoms with E-state index in [0.717, 1.165) is 18.5 Å². The third-order valence-electron chi connectivity index (χ3n) is 5.16. The maximum atomic E-state index is 11.5. The zero-order valence-corrected chi connectivity index (χ0v) is 12.3. The topological polar surface area (TPSA) is 67.2 Å². The SMILES string of the molecule is Cc1nn(C)cc1C(C)NC1C2CCC(C2)C1C(=O)O. The Bertz CT molecular complexity index is 525. The molecular formula is C15H23N3O2. The van der Waals surface area contributed by atoms with Gasteiger partial charge in [-0.05, 0) is 44.9 Å². The first-order valence-corrected chi connectivity index (χ1v) is 7.46. The van der Waals surface area contributed by atoms with Crippen LogP contribution in [-0.2, 0) is 11.8 Å². The third kappa shape index (κ3) is 2.14. The molecule has 0 aliphatic heterocycles. The molecule has 1 aromatic heterocycles. The lowest BCUT2D eigenvalue weighted by Gasteiger charge is -2.31. The Labute approximate surface area is 119 Å². The second-order valence-electron chi connectivity index (χ2n) is 6.45. The van der Waals surface area contributed by atoms with E-state index >= 15 is 0 Å². The summed E-state index contributed by atoms with van der Waals surface area (Å²) in [5, 5.41) is 17.4. The van der Waals surface area contributed by atoms with Crippen molar-refractivity contribution in [3.05, 3.63) is 17.5 Å². The molecule has 5 unspecified atom stereocenters. The van der Waals surface area contributed by atoms with Gasteiger partial charge in [0.1, 0.15) is 0 Å². The number of carboxylic acid groups (broad SMARTS) is 1. The highest BCUT2D eigenvalue weighted by molar-refractivity contribution is 5.72. The molecule has 0 amide bonds. The average Bonchev–Trinajstić information content (AvgIpc) is 3.03. The smallest absolute Gasteiger partial charge is 0.308 e. The number of aromatic nitrogens is 2. The van der Waals surface area contributed by atoms with Crippen molar-refractivity contribution in [1.82, 2.24) is 15.1 Å². The normalized spacial score (nSPS) is 33.5. The van der Waals surface area contributed by atoms with Gasteiger partial charge in [-0.1, -0.05) is 0 Å². The number of aryl methyl sites for hydroxylation is 2. The lowest BCUT2D eigenvalue weighted by Crippen LogP contribution is -2.45. The summed E-state index contributed by atoms with van der Waals surface area (Å²) in [5.41, 5.74) is 2.18. The summed E-state index contributed by atoms with van der Waals surface area (Å²) in [6, 6.07) is 0.260. The minimum absolute atomic E-state index is 0.112. The number of nitrogens with one attached hydrogen (secondary N) is 1. The van der Waals surface area contributed by atoms with Gasteiger partial charge in [-0.3, -0.25) is 9.48 Å². The van der Waals surface area contributed by atoms with Gasteiger partial charge < -0.3 is 10.4 Å². The fourth-order valence-electron chi connectivity index (χ4n) is 4.31. The molecule has 5 nitrogen and oxygen atoms in total. The van der Waals surface area contributed by atoms with Crippen molar-refractivity contribution in [3.8, 4) is 0 Å². The highest BCUT2D eigenvalue weighted by Gasteiger charge is 2.51. The molecule has 110 valence electrons. The van der Waals surface area contributed by atoms with E-state index < -0.39 is 5.97 Å². The van der Waals surface area contributed by atoms with Gasteiger partial charge in [0, 0.05) is 30.9 Å². The molecule has 2 N–H and O–H groups in total. The fraction of sp³-hybridized carbons (Fsp3) is 0.733. The molecule has 0 aromatic carbocycles. The highest BCUT2D eigenvalue weighted by atomic mass is 16.4. The number of rotatable bonds is 4. The molecule has 0 radical (unpaired) electrons. The van der Waals surface area contributed by atoms with E-state index in [2.05, 4.69) is 17.3 Å². The van der Waals surface area contributed by atoms with Crippen molar-refractivity contribution >= 4 is 5.97 Å². The molecular weight excluding hydrogens is 254 g/mol. The largest absolute Gasteiger partial charge is 0.481 e. The Morgan fingerprint density at radius 2 is 2.20 bits per heavy atom. The zero-order chi connectivity index (χ0) is 14.4. The van der Waals surface area contributed by atoms with Crippen molar-refractivity contribution in [2.45, 2.75) is 45.2 Å². The second kappa shape index (κ2) is 4.88. The molecule has 1 heterocycles. The summed E-state index contributed by atoms with van der Waals surface area (Å²) >= 11 is 0. The summed E-state index contributed by atoms with van der Waals surface area (Å²) in [6.07, 6.45) is 5.36. The van der Waals surface area contributed by atoms with Crippen LogP contribution < -0.4 is 5.32 Å². The van der Waals surface area contributed by atoms with Crippen LogP contribution in [0.1, 0.15) is 43.5 Å². The van der Waals surface area contributed by atoms with Gasteiger partial charge in [-0.25, -0.2) is 0 Å². The van der Waals surface area contributed by atoms with Crippen molar-refractivity contribution in [2.75, 3.05) is 0 Å². The minimum Gasteiger partial charge on any atom is -0.481 e. The summed E-state index contributed by atoms with van der Waals surface area (Å²) in [6.45, 7) is 4.11. The van der Waals surface area contributed by atoms with E-state index in [1.54, 1.807) is 0 Å². The Morgan fingerprint density at radius 3 is 2.80 bits per heavy atom. The van der Waals surface area contributed by atoms with Crippen molar-refractivity contribution in [2.24, 2.45) is 24.8 Å². The van der Waals surface area contributed by atoms with Crippen LogP contribution >= 0.6 is 0 Å². The molecule has 0 saturated heterocycles. The first-order valence-electron chi connectivity index (χ1n) is 7.46. The van der Waals surface area contributed by atoms with Crippen LogP contribution in [0.15, 0.2) is 6.20 Å². The molecule has 5 atom stereocenters. The third-order valence-corrected chi connectivity index (χ3v) is 5.16. The standard InChI is InChI=1S/C15H23N3O2/c1-8(12-7-18(3)17-9(12)2)16-14-11-5-4-10(6-11)13(14)15(19)20/h7-8,10-11,13-14,16H,4-6H2,1-3H3,(H,19,20). The predicted octanol–water partition coefficient (Wildman–Crippen LogP) is 1.88. The molecule has 1 aromatic rings. The van der Waals surface area contributed by atoms with Crippen LogP contribution in [0.25, 0.3) is 0 Å². The van der Waals surface area contributed by atoms with Crippen LogP contribution in [0.4, 0.5) is 0 Å². The molecule has 3 rings (SSSR count). The van der Waals surface area contributed by atoms with Crippen LogP contribution in [0.2, 0.25) is 0 Å². The number of hydrogen-bond donors (Lipinski definition) is 2. The minimum atomic E-state index is -0.634. The number of carbonyl (C=O) groups is 1. The summed E-state index contributed by atoms with van der Waals surface area (Å²) in [7, 11) is 1.92. The number of nitrogens with zero attached hydrogens (tertiary/aromatic N) is 2. The predicted molar refractivity (Wildman–Crippen MR) is 75.2 cm³/mol. The maximum absolute atomic E-state index is 11.5. The molecule has 0 spiro atoms.